The SMILES string of the molecule is COc1ccc(NCc2ccc(Cl)cc2)cc1F. The fraction of sp³-hybridized carbons (Fsp3) is 0.143. The maximum atomic E-state index is 13.4. The molecule has 4 heteroatoms. The summed E-state index contributed by atoms with van der Waals surface area (Å²) < 4.78 is 18.3. The lowest BCUT2D eigenvalue weighted by molar-refractivity contribution is 0.386. The highest BCUT2D eigenvalue weighted by atomic mass is 35.5. The molecule has 0 aliphatic heterocycles. The van der Waals surface area contributed by atoms with Gasteiger partial charge in [0, 0.05) is 23.3 Å². The van der Waals surface area contributed by atoms with Crippen molar-refractivity contribution in [1.82, 2.24) is 0 Å². The molecular weight excluding hydrogens is 253 g/mol. The molecule has 0 aliphatic carbocycles. The minimum Gasteiger partial charge on any atom is -0.494 e. The lowest BCUT2D eigenvalue weighted by Gasteiger charge is -2.08. The van der Waals surface area contributed by atoms with Crippen molar-refractivity contribution in [2.75, 3.05) is 12.4 Å². The molecule has 0 atom stereocenters. The Morgan fingerprint density at radius 2 is 1.89 bits per heavy atom. The molecule has 0 saturated carbocycles. The lowest BCUT2D eigenvalue weighted by Crippen LogP contribution is -2.00. The van der Waals surface area contributed by atoms with Gasteiger partial charge < -0.3 is 10.1 Å². The van der Waals surface area contributed by atoms with Gasteiger partial charge in [-0.2, -0.15) is 0 Å². The first kappa shape index (κ1) is 12.7. The second-order valence-electron chi connectivity index (χ2n) is 3.83. The van der Waals surface area contributed by atoms with Gasteiger partial charge in [0.1, 0.15) is 0 Å². The van der Waals surface area contributed by atoms with E-state index in [-0.39, 0.29) is 11.6 Å². The van der Waals surface area contributed by atoms with E-state index in [4.69, 9.17) is 16.3 Å². The van der Waals surface area contributed by atoms with Gasteiger partial charge in [-0.05, 0) is 29.8 Å². The highest BCUT2D eigenvalue weighted by molar-refractivity contribution is 6.30. The minimum absolute atomic E-state index is 0.243. The van der Waals surface area contributed by atoms with Crippen molar-refractivity contribution in [1.29, 1.82) is 0 Å². The number of halogens is 2. The summed E-state index contributed by atoms with van der Waals surface area (Å²) in [5.74, 6) is -0.134. The predicted molar refractivity (Wildman–Crippen MR) is 71.7 cm³/mol. The molecule has 0 bridgehead atoms. The monoisotopic (exact) mass is 265 g/mol. The van der Waals surface area contributed by atoms with Crippen LogP contribution < -0.4 is 10.1 Å². The van der Waals surface area contributed by atoms with Crippen molar-refractivity contribution in [2.24, 2.45) is 0 Å². The Balaban J connectivity index is 2.02. The van der Waals surface area contributed by atoms with Crippen LogP contribution in [0.1, 0.15) is 5.56 Å². The smallest absolute Gasteiger partial charge is 0.167 e. The van der Waals surface area contributed by atoms with Gasteiger partial charge >= 0.3 is 0 Å². The lowest BCUT2D eigenvalue weighted by atomic mass is 10.2. The number of hydrogen-bond donors (Lipinski definition) is 1. The molecule has 1 N–H and O–H groups in total. The zero-order valence-corrected chi connectivity index (χ0v) is 10.7. The molecule has 2 rings (SSSR count). The fourth-order valence-electron chi connectivity index (χ4n) is 1.58. The molecule has 0 aromatic heterocycles. The molecule has 0 amide bonds. The van der Waals surface area contributed by atoms with Crippen LogP contribution in [0.3, 0.4) is 0 Å². The Bertz CT molecular complexity index is 528. The average Bonchev–Trinajstić information content (AvgIpc) is 2.38. The van der Waals surface area contributed by atoms with E-state index in [9.17, 15) is 4.39 Å². The van der Waals surface area contributed by atoms with Crippen LogP contribution in [-0.4, -0.2) is 7.11 Å². The summed E-state index contributed by atoms with van der Waals surface area (Å²) in [4.78, 5) is 0. The fourth-order valence-corrected chi connectivity index (χ4v) is 1.71. The molecule has 2 aromatic carbocycles. The van der Waals surface area contributed by atoms with Crippen LogP contribution in [0.2, 0.25) is 5.02 Å². The minimum atomic E-state index is -0.376. The number of benzene rings is 2. The van der Waals surface area contributed by atoms with Gasteiger partial charge in [-0.25, -0.2) is 4.39 Å². The standard InChI is InChI=1S/C14H13ClFNO/c1-18-14-7-6-12(8-13(14)16)17-9-10-2-4-11(15)5-3-10/h2-8,17H,9H2,1H3. The van der Waals surface area contributed by atoms with Gasteiger partial charge in [-0.1, -0.05) is 23.7 Å². The van der Waals surface area contributed by atoms with Crippen molar-refractivity contribution >= 4 is 17.3 Å². The molecule has 0 heterocycles. The summed E-state index contributed by atoms with van der Waals surface area (Å²) in [5, 5.41) is 3.84. The maximum Gasteiger partial charge on any atom is 0.167 e. The quantitative estimate of drug-likeness (QED) is 0.899. The topological polar surface area (TPSA) is 21.3 Å². The molecule has 0 radical (unpaired) electrons. The molecule has 0 fully saturated rings. The van der Waals surface area contributed by atoms with Crippen LogP contribution in [-0.2, 0) is 6.54 Å². The van der Waals surface area contributed by atoms with Gasteiger partial charge in [0.15, 0.2) is 11.6 Å². The number of nitrogens with one attached hydrogen (secondary N) is 1. The molecule has 18 heavy (non-hydrogen) atoms. The molecule has 0 saturated heterocycles. The largest absolute Gasteiger partial charge is 0.494 e. The third-order valence-electron chi connectivity index (χ3n) is 2.56. The van der Waals surface area contributed by atoms with Gasteiger partial charge in [-0.15, -0.1) is 0 Å². The summed E-state index contributed by atoms with van der Waals surface area (Å²) >= 11 is 5.80. The number of hydrogen-bond acceptors (Lipinski definition) is 2. The highest BCUT2D eigenvalue weighted by Gasteiger charge is 2.03. The van der Waals surface area contributed by atoms with Crippen molar-refractivity contribution in [3.05, 3.63) is 58.9 Å². The Morgan fingerprint density at radius 3 is 2.50 bits per heavy atom. The maximum absolute atomic E-state index is 13.4. The van der Waals surface area contributed by atoms with E-state index < -0.39 is 0 Å². The zero-order chi connectivity index (χ0) is 13.0. The third-order valence-corrected chi connectivity index (χ3v) is 2.81. The Kier molecular flexibility index (Phi) is 4.05. The third kappa shape index (κ3) is 3.14. The van der Waals surface area contributed by atoms with Crippen LogP contribution >= 0.6 is 11.6 Å². The van der Waals surface area contributed by atoms with Crippen LogP contribution in [0.4, 0.5) is 10.1 Å². The summed E-state index contributed by atoms with van der Waals surface area (Å²) in [7, 11) is 1.44. The number of rotatable bonds is 4. The summed E-state index contributed by atoms with van der Waals surface area (Å²) in [6, 6.07) is 12.3. The predicted octanol–water partition coefficient (Wildman–Crippen LogP) is 4.10. The second-order valence-corrected chi connectivity index (χ2v) is 4.27. The number of anilines is 1. The van der Waals surface area contributed by atoms with E-state index in [1.165, 1.54) is 13.2 Å². The molecule has 0 aliphatic rings. The first-order chi connectivity index (χ1) is 8.69. The second kappa shape index (κ2) is 5.74. The van der Waals surface area contributed by atoms with Crippen LogP contribution in [0.25, 0.3) is 0 Å². The Hall–Kier alpha value is -1.74. The van der Waals surface area contributed by atoms with Gasteiger partial charge in [0.2, 0.25) is 0 Å². The number of ether oxygens (including phenoxy) is 1. The van der Waals surface area contributed by atoms with Crippen LogP contribution in [0.5, 0.6) is 5.75 Å². The first-order valence-electron chi connectivity index (χ1n) is 5.51. The first-order valence-corrected chi connectivity index (χ1v) is 5.88. The van der Waals surface area contributed by atoms with Gasteiger partial charge in [0.05, 0.1) is 7.11 Å². The molecule has 2 nitrogen and oxygen atoms in total. The molecular formula is C14H13ClFNO. The van der Waals surface area contributed by atoms with Crippen molar-refractivity contribution in [2.45, 2.75) is 6.54 Å². The van der Waals surface area contributed by atoms with Crippen LogP contribution in [0.15, 0.2) is 42.5 Å². The van der Waals surface area contributed by atoms with Crippen molar-refractivity contribution in [3.63, 3.8) is 0 Å². The van der Waals surface area contributed by atoms with E-state index in [2.05, 4.69) is 5.32 Å². The van der Waals surface area contributed by atoms with E-state index in [0.717, 1.165) is 5.56 Å². The summed E-state index contributed by atoms with van der Waals surface area (Å²) in [5.41, 5.74) is 1.79. The van der Waals surface area contributed by atoms with E-state index in [1.807, 2.05) is 24.3 Å². The Morgan fingerprint density at radius 1 is 1.17 bits per heavy atom. The van der Waals surface area contributed by atoms with E-state index in [0.29, 0.717) is 17.3 Å². The summed E-state index contributed by atoms with van der Waals surface area (Å²) in [6.07, 6.45) is 0. The van der Waals surface area contributed by atoms with Crippen molar-refractivity contribution < 1.29 is 9.13 Å². The van der Waals surface area contributed by atoms with E-state index >= 15 is 0 Å². The zero-order valence-electron chi connectivity index (χ0n) is 9.91. The summed E-state index contributed by atoms with van der Waals surface area (Å²) in [6.45, 7) is 0.614. The van der Waals surface area contributed by atoms with Crippen LogP contribution in [0, 0.1) is 5.82 Å². The number of methoxy groups -OCH3 is 1. The van der Waals surface area contributed by atoms with E-state index in [1.54, 1.807) is 12.1 Å². The van der Waals surface area contributed by atoms with Gasteiger partial charge in [-0.3, -0.25) is 0 Å². The normalized spacial score (nSPS) is 10.2. The van der Waals surface area contributed by atoms with Gasteiger partial charge in [0.25, 0.3) is 0 Å². The molecule has 0 unspecified atom stereocenters. The molecule has 0 spiro atoms. The molecule has 2 aromatic rings. The highest BCUT2D eigenvalue weighted by Crippen LogP contribution is 2.21. The molecule has 94 valence electrons. The Labute approximate surface area is 110 Å². The average molecular weight is 266 g/mol. The van der Waals surface area contributed by atoms with Crippen molar-refractivity contribution in [3.8, 4) is 5.75 Å².